The molecule has 5 nitrogen and oxygen atoms in total. The molecule has 0 radical (unpaired) electrons. The van der Waals surface area contributed by atoms with Gasteiger partial charge in [-0.2, -0.15) is 5.10 Å². The molecule has 0 spiro atoms. The number of benzene rings is 1. The third kappa shape index (κ3) is 4.28. The van der Waals surface area contributed by atoms with E-state index in [0.29, 0.717) is 5.56 Å². The fraction of sp³-hybridized carbons (Fsp3) is 0.500. The van der Waals surface area contributed by atoms with E-state index in [2.05, 4.69) is 22.2 Å². The van der Waals surface area contributed by atoms with Crippen molar-refractivity contribution in [2.45, 2.75) is 46.1 Å². The van der Waals surface area contributed by atoms with Gasteiger partial charge in [0.15, 0.2) is 0 Å². The Hall–Kier alpha value is -2.14. The quantitative estimate of drug-likeness (QED) is 0.910. The number of carbonyl (C=O) groups excluding carboxylic acids is 1. The lowest BCUT2D eigenvalue weighted by Gasteiger charge is -2.32. The van der Waals surface area contributed by atoms with E-state index in [9.17, 15) is 4.79 Å². The van der Waals surface area contributed by atoms with Gasteiger partial charge in [-0.1, -0.05) is 6.92 Å². The summed E-state index contributed by atoms with van der Waals surface area (Å²) in [6.07, 6.45) is 3.27. The number of piperidine rings is 1. The topological polar surface area (TPSA) is 50.2 Å². The highest BCUT2D eigenvalue weighted by atomic mass is 16.1. The second kappa shape index (κ2) is 7.83. The first-order valence-corrected chi connectivity index (χ1v) is 9.23. The second-order valence-corrected chi connectivity index (χ2v) is 6.98. The van der Waals surface area contributed by atoms with Gasteiger partial charge in [0.2, 0.25) is 0 Å². The van der Waals surface area contributed by atoms with Crippen LogP contribution in [0.1, 0.15) is 47.9 Å². The van der Waals surface area contributed by atoms with Gasteiger partial charge in [0, 0.05) is 30.4 Å². The summed E-state index contributed by atoms with van der Waals surface area (Å²) in [6, 6.07) is 10.0. The zero-order valence-corrected chi connectivity index (χ0v) is 15.5. The van der Waals surface area contributed by atoms with Crippen LogP contribution in [0.4, 0.5) is 0 Å². The first kappa shape index (κ1) is 17.7. The van der Waals surface area contributed by atoms with E-state index in [1.807, 2.05) is 48.9 Å². The van der Waals surface area contributed by atoms with Crippen molar-refractivity contribution in [1.29, 1.82) is 0 Å². The lowest BCUT2D eigenvalue weighted by molar-refractivity contribution is 0.0911. The van der Waals surface area contributed by atoms with Gasteiger partial charge < -0.3 is 10.2 Å². The molecule has 3 rings (SSSR count). The van der Waals surface area contributed by atoms with E-state index in [0.717, 1.165) is 49.6 Å². The van der Waals surface area contributed by atoms with Crippen LogP contribution in [-0.2, 0) is 0 Å². The highest BCUT2D eigenvalue weighted by Crippen LogP contribution is 2.15. The monoisotopic (exact) mass is 340 g/mol. The van der Waals surface area contributed by atoms with Crippen LogP contribution in [-0.4, -0.2) is 46.3 Å². The van der Waals surface area contributed by atoms with E-state index in [4.69, 9.17) is 0 Å². The number of nitrogens with one attached hydrogen (secondary N) is 1. The predicted octanol–water partition coefficient (Wildman–Crippen LogP) is 3.09. The molecule has 0 atom stereocenters. The summed E-state index contributed by atoms with van der Waals surface area (Å²) in [5.74, 6) is 0.0221. The third-order valence-corrected chi connectivity index (χ3v) is 4.85. The van der Waals surface area contributed by atoms with Gasteiger partial charge in [-0.3, -0.25) is 4.79 Å². The molecule has 1 aliphatic heterocycles. The molecule has 134 valence electrons. The maximum Gasteiger partial charge on any atom is 0.251 e. The highest BCUT2D eigenvalue weighted by Gasteiger charge is 2.20. The third-order valence-electron chi connectivity index (χ3n) is 4.85. The summed E-state index contributed by atoms with van der Waals surface area (Å²) in [4.78, 5) is 15.0. The average Bonchev–Trinajstić information content (AvgIpc) is 2.95. The highest BCUT2D eigenvalue weighted by molar-refractivity contribution is 5.94. The molecular formula is C20H28N4O. The predicted molar refractivity (Wildman–Crippen MR) is 100 cm³/mol. The van der Waals surface area contributed by atoms with Crippen molar-refractivity contribution < 1.29 is 4.79 Å². The van der Waals surface area contributed by atoms with Crippen molar-refractivity contribution in [3.63, 3.8) is 0 Å². The minimum Gasteiger partial charge on any atom is -0.349 e. The Labute approximate surface area is 150 Å². The maximum atomic E-state index is 12.5. The number of amides is 1. The SMILES string of the molecule is CCCN1CCC(NC(=O)c2ccc(-n3nc(C)cc3C)cc2)CC1. The Balaban J connectivity index is 1.59. The van der Waals surface area contributed by atoms with Crippen LogP contribution in [0, 0.1) is 13.8 Å². The van der Waals surface area contributed by atoms with E-state index in [1.54, 1.807) is 0 Å². The van der Waals surface area contributed by atoms with E-state index in [1.165, 1.54) is 6.42 Å². The van der Waals surface area contributed by atoms with Crippen LogP contribution in [0.2, 0.25) is 0 Å². The van der Waals surface area contributed by atoms with Crippen molar-refractivity contribution in [3.8, 4) is 5.69 Å². The van der Waals surface area contributed by atoms with E-state index >= 15 is 0 Å². The summed E-state index contributed by atoms with van der Waals surface area (Å²) < 4.78 is 1.90. The molecule has 25 heavy (non-hydrogen) atoms. The summed E-state index contributed by atoms with van der Waals surface area (Å²) >= 11 is 0. The summed E-state index contributed by atoms with van der Waals surface area (Å²) in [7, 11) is 0. The Morgan fingerprint density at radius 3 is 2.44 bits per heavy atom. The van der Waals surface area contributed by atoms with Crippen LogP contribution in [0.5, 0.6) is 0 Å². The van der Waals surface area contributed by atoms with Crippen LogP contribution < -0.4 is 5.32 Å². The van der Waals surface area contributed by atoms with Gasteiger partial charge in [-0.15, -0.1) is 0 Å². The molecule has 1 fully saturated rings. The summed E-state index contributed by atoms with van der Waals surface area (Å²) in [6.45, 7) is 9.55. The van der Waals surface area contributed by atoms with Crippen molar-refractivity contribution >= 4 is 5.91 Å². The van der Waals surface area contributed by atoms with Gasteiger partial charge >= 0.3 is 0 Å². The number of hydrogen-bond acceptors (Lipinski definition) is 3. The van der Waals surface area contributed by atoms with Crippen LogP contribution in [0.3, 0.4) is 0 Å². The Morgan fingerprint density at radius 2 is 1.88 bits per heavy atom. The molecule has 2 heterocycles. The first-order valence-electron chi connectivity index (χ1n) is 9.23. The molecule has 5 heteroatoms. The van der Waals surface area contributed by atoms with Gasteiger partial charge in [0.1, 0.15) is 0 Å². The zero-order chi connectivity index (χ0) is 17.8. The van der Waals surface area contributed by atoms with Crippen molar-refractivity contribution in [2.75, 3.05) is 19.6 Å². The van der Waals surface area contributed by atoms with E-state index in [-0.39, 0.29) is 11.9 Å². The molecule has 0 saturated carbocycles. The maximum absolute atomic E-state index is 12.5. The molecule has 1 amide bonds. The van der Waals surface area contributed by atoms with E-state index < -0.39 is 0 Å². The van der Waals surface area contributed by atoms with Crippen molar-refractivity contribution in [2.24, 2.45) is 0 Å². The van der Waals surface area contributed by atoms with Crippen LogP contribution >= 0.6 is 0 Å². The number of carbonyl (C=O) groups is 1. The lowest BCUT2D eigenvalue weighted by atomic mass is 10.0. The number of nitrogens with zero attached hydrogens (tertiary/aromatic N) is 3. The largest absolute Gasteiger partial charge is 0.349 e. The molecule has 2 aromatic rings. The number of aromatic nitrogens is 2. The molecule has 0 unspecified atom stereocenters. The first-order chi connectivity index (χ1) is 12.1. The summed E-state index contributed by atoms with van der Waals surface area (Å²) in [5, 5.41) is 7.67. The van der Waals surface area contributed by atoms with Crippen molar-refractivity contribution in [1.82, 2.24) is 20.0 Å². The number of likely N-dealkylation sites (tertiary alicyclic amines) is 1. The molecule has 1 N–H and O–H groups in total. The number of rotatable bonds is 5. The van der Waals surface area contributed by atoms with Gasteiger partial charge in [0.25, 0.3) is 5.91 Å². The Bertz CT molecular complexity index is 712. The molecule has 0 bridgehead atoms. The fourth-order valence-electron chi connectivity index (χ4n) is 3.53. The zero-order valence-electron chi connectivity index (χ0n) is 15.5. The van der Waals surface area contributed by atoms with Crippen molar-refractivity contribution in [3.05, 3.63) is 47.3 Å². The molecule has 0 aliphatic carbocycles. The number of aryl methyl sites for hydroxylation is 2. The second-order valence-electron chi connectivity index (χ2n) is 6.98. The Morgan fingerprint density at radius 1 is 1.20 bits per heavy atom. The fourth-order valence-corrected chi connectivity index (χ4v) is 3.53. The molecule has 1 aromatic heterocycles. The van der Waals surface area contributed by atoms with Gasteiger partial charge in [0.05, 0.1) is 11.4 Å². The van der Waals surface area contributed by atoms with Gasteiger partial charge in [-0.25, -0.2) is 4.68 Å². The van der Waals surface area contributed by atoms with Crippen LogP contribution in [0.15, 0.2) is 30.3 Å². The Kier molecular flexibility index (Phi) is 5.53. The molecule has 1 aromatic carbocycles. The minimum atomic E-state index is 0.0221. The molecular weight excluding hydrogens is 312 g/mol. The standard InChI is InChI=1S/C20H28N4O/c1-4-11-23-12-9-18(10-13-23)21-20(25)17-5-7-19(8-6-17)24-16(3)14-15(2)22-24/h5-8,14,18H,4,9-13H2,1-3H3,(H,21,25). The molecule has 1 saturated heterocycles. The minimum absolute atomic E-state index is 0.0221. The normalized spacial score (nSPS) is 16.1. The molecule has 1 aliphatic rings. The average molecular weight is 340 g/mol. The van der Waals surface area contributed by atoms with Gasteiger partial charge in [-0.05, 0) is 70.0 Å². The smallest absolute Gasteiger partial charge is 0.251 e. The lowest BCUT2D eigenvalue weighted by Crippen LogP contribution is -2.44. The summed E-state index contributed by atoms with van der Waals surface area (Å²) in [5.41, 5.74) is 3.78. The van der Waals surface area contributed by atoms with Crippen LogP contribution in [0.25, 0.3) is 5.69 Å². The number of hydrogen-bond donors (Lipinski definition) is 1.